The Balaban J connectivity index is 1.71. The Kier molecular flexibility index (Phi) is 3.91. The SMILES string of the molecule is CC(C)C1CCN(C2CN(C(C)C)C2)CC1. The number of likely N-dealkylation sites (tertiary alicyclic amines) is 2. The molecule has 2 aliphatic rings. The molecule has 0 unspecified atom stereocenters. The topological polar surface area (TPSA) is 6.48 Å². The van der Waals surface area contributed by atoms with Gasteiger partial charge >= 0.3 is 0 Å². The van der Waals surface area contributed by atoms with E-state index in [1.807, 2.05) is 0 Å². The summed E-state index contributed by atoms with van der Waals surface area (Å²) in [7, 11) is 0. The quantitative estimate of drug-likeness (QED) is 0.726. The maximum absolute atomic E-state index is 2.73. The van der Waals surface area contributed by atoms with E-state index >= 15 is 0 Å². The van der Waals surface area contributed by atoms with Gasteiger partial charge in [-0.3, -0.25) is 9.80 Å². The highest BCUT2D eigenvalue weighted by Crippen LogP contribution is 2.28. The monoisotopic (exact) mass is 224 g/mol. The third kappa shape index (κ3) is 2.60. The summed E-state index contributed by atoms with van der Waals surface area (Å²) in [6, 6.07) is 1.61. The van der Waals surface area contributed by atoms with E-state index in [0.717, 1.165) is 23.9 Å². The molecule has 0 amide bonds. The summed E-state index contributed by atoms with van der Waals surface area (Å²) in [5, 5.41) is 0. The van der Waals surface area contributed by atoms with Gasteiger partial charge in [-0.1, -0.05) is 13.8 Å². The number of nitrogens with zero attached hydrogens (tertiary/aromatic N) is 2. The lowest BCUT2D eigenvalue weighted by Crippen LogP contribution is -2.62. The van der Waals surface area contributed by atoms with E-state index in [4.69, 9.17) is 0 Å². The average molecular weight is 224 g/mol. The average Bonchev–Trinajstić information content (AvgIpc) is 2.15. The van der Waals surface area contributed by atoms with Crippen molar-refractivity contribution in [1.29, 1.82) is 0 Å². The van der Waals surface area contributed by atoms with Gasteiger partial charge in [-0.15, -0.1) is 0 Å². The van der Waals surface area contributed by atoms with Crippen molar-refractivity contribution in [3.05, 3.63) is 0 Å². The molecule has 2 nitrogen and oxygen atoms in total. The molecule has 0 bridgehead atoms. The van der Waals surface area contributed by atoms with Gasteiger partial charge in [0, 0.05) is 25.2 Å². The lowest BCUT2D eigenvalue weighted by molar-refractivity contribution is -0.00546. The zero-order chi connectivity index (χ0) is 11.7. The minimum atomic E-state index is 0.740. The number of hydrogen-bond acceptors (Lipinski definition) is 2. The molecule has 2 aliphatic heterocycles. The van der Waals surface area contributed by atoms with Crippen molar-refractivity contribution in [2.24, 2.45) is 11.8 Å². The van der Waals surface area contributed by atoms with Gasteiger partial charge in [0.1, 0.15) is 0 Å². The van der Waals surface area contributed by atoms with Crippen LogP contribution < -0.4 is 0 Å². The minimum absolute atomic E-state index is 0.740. The van der Waals surface area contributed by atoms with Crippen molar-refractivity contribution >= 4 is 0 Å². The second-order valence-electron chi connectivity index (χ2n) is 6.32. The highest BCUT2D eigenvalue weighted by atomic mass is 15.3. The standard InChI is InChI=1S/C14H28N2/c1-11(2)13-5-7-15(8-6-13)14-9-16(10-14)12(3)4/h11-14H,5-10H2,1-4H3. The molecule has 0 saturated carbocycles. The summed E-state index contributed by atoms with van der Waals surface area (Å²) in [6.45, 7) is 14.7. The summed E-state index contributed by atoms with van der Waals surface area (Å²) in [5.74, 6) is 1.87. The van der Waals surface area contributed by atoms with E-state index in [1.54, 1.807) is 0 Å². The predicted octanol–water partition coefficient (Wildman–Crippen LogP) is 2.45. The molecule has 2 heteroatoms. The molecule has 2 saturated heterocycles. The van der Waals surface area contributed by atoms with Crippen LogP contribution in [0.25, 0.3) is 0 Å². The second-order valence-corrected chi connectivity index (χ2v) is 6.32. The number of piperidine rings is 1. The summed E-state index contributed by atoms with van der Waals surface area (Å²) in [4.78, 5) is 5.32. The van der Waals surface area contributed by atoms with E-state index in [9.17, 15) is 0 Å². The first kappa shape index (κ1) is 12.4. The summed E-state index contributed by atoms with van der Waals surface area (Å²) >= 11 is 0. The molecule has 0 aliphatic carbocycles. The second kappa shape index (κ2) is 5.05. The van der Waals surface area contributed by atoms with E-state index in [1.165, 1.54) is 39.0 Å². The molecule has 0 N–H and O–H groups in total. The van der Waals surface area contributed by atoms with Crippen molar-refractivity contribution < 1.29 is 0 Å². The Bertz CT molecular complexity index is 211. The molecule has 2 heterocycles. The van der Waals surface area contributed by atoms with Gasteiger partial charge in [-0.05, 0) is 51.6 Å². The smallest absolute Gasteiger partial charge is 0.0350 e. The Hall–Kier alpha value is -0.0800. The van der Waals surface area contributed by atoms with Gasteiger partial charge in [0.15, 0.2) is 0 Å². The van der Waals surface area contributed by atoms with Crippen molar-refractivity contribution in [3.8, 4) is 0 Å². The van der Waals surface area contributed by atoms with E-state index in [-0.39, 0.29) is 0 Å². The van der Waals surface area contributed by atoms with Gasteiger partial charge in [-0.25, -0.2) is 0 Å². The molecule has 0 aromatic carbocycles. The first-order chi connectivity index (χ1) is 7.58. The van der Waals surface area contributed by atoms with Crippen LogP contribution in [0.5, 0.6) is 0 Å². The summed E-state index contributed by atoms with van der Waals surface area (Å²) in [6.07, 6.45) is 2.85. The molecular formula is C14H28N2. The van der Waals surface area contributed by atoms with Gasteiger partial charge in [0.2, 0.25) is 0 Å². The van der Waals surface area contributed by atoms with Gasteiger partial charge in [0.25, 0.3) is 0 Å². The largest absolute Gasteiger partial charge is 0.298 e. The zero-order valence-corrected chi connectivity index (χ0v) is 11.4. The van der Waals surface area contributed by atoms with Gasteiger partial charge in [-0.2, -0.15) is 0 Å². The van der Waals surface area contributed by atoms with Crippen molar-refractivity contribution in [3.63, 3.8) is 0 Å². The zero-order valence-electron chi connectivity index (χ0n) is 11.4. The molecule has 0 spiro atoms. The third-order valence-electron chi connectivity index (χ3n) is 4.65. The molecule has 16 heavy (non-hydrogen) atoms. The van der Waals surface area contributed by atoms with Crippen LogP contribution >= 0.6 is 0 Å². The van der Waals surface area contributed by atoms with Crippen molar-refractivity contribution in [2.45, 2.75) is 52.6 Å². The Morgan fingerprint density at radius 2 is 1.50 bits per heavy atom. The third-order valence-corrected chi connectivity index (χ3v) is 4.65. The van der Waals surface area contributed by atoms with Crippen LogP contribution in [0.4, 0.5) is 0 Å². The fourth-order valence-electron chi connectivity index (χ4n) is 3.09. The molecule has 2 rings (SSSR count). The maximum Gasteiger partial charge on any atom is 0.0350 e. The molecule has 0 radical (unpaired) electrons. The highest BCUT2D eigenvalue weighted by molar-refractivity contribution is 4.91. The molecule has 2 fully saturated rings. The minimum Gasteiger partial charge on any atom is -0.298 e. The van der Waals surface area contributed by atoms with Crippen LogP contribution in [0.3, 0.4) is 0 Å². The maximum atomic E-state index is 2.73. The summed E-state index contributed by atoms with van der Waals surface area (Å²) < 4.78 is 0. The van der Waals surface area contributed by atoms with Gasteiger partial charge < -0.3 is 0 Å². The van der Waals surface area contributed by atoms with Crippen LogP contribution in [0.1, 0.15) is 40.5 Å². The molecule has 0 aromatic rings. The van der Waals surface area contributed by atoms with Crippen LogP contribution in [-0.2, 0) is 0 Å². The van der Waals surface area contributed by atoms with Crippen LogP contribution in [0.2, 0.25) is 0 Å². The van der Waals surface area contributed by atoms with Crippen LogP contribution in [0, 0.1) is 11.8 Å². The fraction of sp³-hybridized carbons (Fsp3) is 1.00. The van der Waals surface area contributed by atoms with E-state index in [2.05, 4.69) is 37.5 Å². The van der Waals surface area contributed by atoms with Crippen LogP contribution in [-0.4, -0.2) is 48.1 Å². The predicted molar refractivity (Wildman–Crippen MR) is 69.6 cm³/mol. The lowest BCUT2D eigenvalue weighted by Gasteiger charge is -2.49. The van der Waals surface area contributed by atoms with Gasteiger partial charge in [0.05, 0.1) is 0 Å². The Morgan fingerprint density at radius 3 is 1.94 bits per heavy atom. The number of rotatable bonds is 3. The highest BCUT2D eigenvalue weighted by Gasteiger charge is 2.34. The van der Waals surface area contributed by atoms with Crippen LogP contribution in [0.15, 0.2) is 0 Å². The molecular weight excluding hydrogens is 196 g/mol. The molecule has 0 aromatic heterocycles. The molecule has 94 valence electrons. The Morgan fingerprint density at radius 1 is 0.938 bits per heavy atom. The number of hydrogen-bond donors (Lipinski definition) is 0. The normalized spacial score (nSPS) is 26.6. The first-order valence-corrected chi connectivity index (χ1v) is 7.06. The first-order valence-electron chi connectivity index (χ1n) is 7.06. The summed E-state index contributed by atoms with van der Waals surface area (Å²) in [5.41, 5.74) is 0. The van der Waals surface area contributed by atoms with E-state index in [0.29, 0.717) is 0 Å². The van der Waals surface area contributed by atoms with E-state index < -0.39 is 0 Å². The lowest BCUT2D eigenvalue weighted by atomic mass is 9.85. The van der Waals surface area contributed by atoms with Crippen molar-refractivity contribution in [1.82, 2.24) is 9.80 Å². The Labute approximate surface area is 101 Å². The fourth-order valence-corrected chi connectivity index (χ4v) is 3.09. The van der Waals surface area contributed by atoms with Crippen molar-refractivity contribution in [2.75, 3.05) is 26.2 Å². The molecule has 0 atom stereocenters.